The van der Waals surface area contributed by atoms with E-state index in [4.69, 9.17) is 9.26 Å². The van der Waals surface area contributed by atoms with Gasteiger partial charge in [0, 0.05) is 0 Å². The van der Waals surface area contributed by atoms with Crippen LogP contribution in [-0.4, -0.2) is 12.3 Å². The summed E-state index contributed by atoms with van der Waals surface area (Å²) in [4.78, 5) is 0. The first-order valence-corrected chi connectivity index (χ1v) is 3.94. The Morgan fingerprint density at radius 3 is 2.56 bits per heavy atom. The van der Waals surface area contributed by atoms with E-state index >= 15 is 0 Å². The van der Waals surface area contributed by atoms with Crippen molar-refractivity contribution < 1.29 is 28.6 Å². The topological polar surface area (TPSA) is 38.2 Å². The third-order valence-corrected chi connectivity index (χ3v) is 2.47. The molecular formula is C5H7NO2W. The molecule has 3 nitrogen and oxygen atoms in total. The van der Waals surface area contributed by atoms with Gasteiger partial charge in [0.25, 0.3) is 0 Å². The maximum absolute atomic E-state index is 4.92. The minimum absolute atomic E-state index is 0.583. The third-order valence-electron chi connectivity index (χ3n) is 1.07. The van der Waals surface area contributed by atoms with E-state index in [-0.39, 0.29) is 0 Å². The fourth-order valence-electron chi connectivity index (χ4n) is 0.533. The van der Waals surface area contributed by atoms with Gasteiger partial charge in [0.05, 0.1) is 0 Å². The minimum atomic E-state index is 0.583. The van der Waals surface area contributed by atoms with Crippen LogP contribution in [0.25, 0.3) is 0 Å². The number of aromatic nitrogens is 1. The van der Waals surface area contributed by atoms with Gasteiger partial charge >= 0.3 is 63.0 Å². The van der Waals surface area contributed by atoms with E-state index in [1.807, 2.05) is 6.92 Å². The third kappa shape index (κ3) is 1.16. The van der Waals surface area contributed by atoms with Crippen LogP contribution >= 0.6 is 0 Å². The second kappa shape index (κ2) is 2.52. The van der Waals surface area contributed by atoms with Crippen molar-refractivity contribution in [1.82, 2.24) is 5.16 Å². The molecule has 50 valence electrons. The Labute approximate surface area is 63.4 Å². The molecule has 0 unspecified atom stereocenters. The first-order chi connectivity index (χ1) is 4.25. The molecule has 1 heterocycles. The molecule has 0 bridgehead atoms. The normalized spacial score (nSPS) is 9.56. The van der Waals surface area contributed by atoms with Gasteiger partial charge in [0.2, 0.25) is 0 Å². The van der Waals surface area contributed by atoms with Crippen LogP contribution in [0.2, 0.25) is 0 Å². The number of methoxy groups -OCH3 is 1. The first-order valence-electron chi connectivity index (χ1n) is 2.47. The van der Waals surface area contributed by atoms with Crippen molar-refractivity contribution in [3.05, 3.63) is 9.24 Å². The first kappa shape index (κ1) is 6.81. The second-order valence-corrected chi connectivity index (χ2v) is 3.12. The van der Waals surface area contributed by atoms with Crippen molar-refractivity contribution in [2.45, 2.75) is 6.92 Å². The molecule has 0 aromatic carbocycles. The molecule has 0 radical (unpaired) electrons. The maximum atomic E-state index is 4.92. The van der Waals surface area contributed by atoms with Crippen LogP contribution in [-0.2, 0) is 19.4 Å². The standard InChI is InChI=1S/C5H7NO2.W/c1-4-3-6-8-5(4)7-2;/h6H,1-2H3;. The molecule has 9 heavy (non-hydrogen) atoms. The molecule has 0 aliphatic carbocycles. The Hall–Kier alpha value is -0.302. The number of ether oxygens (including phenoxy) is 1. The van der Waals surface area contributed by atoms with Crippen molar-refractivity contribution in [1.29, 1.82) is 0 Å². The van der Waals surface area contributed by atoms with Gasteiger partial charge in [0.1, 0.15) is 0 Å². The van der Waals surface area contributed by atoms with Crippen LogP contribution < -0.4 is 4.74 Å². The van der Waals surface area contributed by atoms with Crippen LogP contribution in [0.15, 0.2) is 4.52 Å². The summed E-state index contributed by atoms with van der Waals surface area (Å²) < 4.78 is 10.9. The SMILES string of the molecule is COc1o[nH][c](=[W])c1C. The summed E-state index contributed by atoms with van der Waals surface area (Å²) in [5.41, 5.74) is 1.06. The van der Waals surface area contributed by atoms with Gasteiger partial charge in [-0.1, -0.05) is 0 Å². The molecule has 0 saturated carbocycles. The zero-order valence-electron chi connectivity index (χ0n) is 5.22. The van der Waals surface area contributed by atoms with E-state index in [1.165, 1.54) is 19.4 Å². The van der Waals surface area contributed by atoms with Crippen molar-refractivity contribution in [3.63, 3.8) is 0 Å². The Morgan fingerprint density at radius 1 is 1.67 bits per heavy atom. The van der Waals surface area contributed by atoms with E-state index in [9.17, 15) is 0 Å². The molecule has 0 atom stereocenters. The van der Waals surface area contributed by atoms with Gasteiger partial charge in [-0.05, 0) is 0 Å². The fourth-order valence-corrected chi connectivity index (χ4v) is 0.982. The van der Waals surface area contributed by atoms with Gasteiger partial charge in [-0.15, -0.1) is 0 Å². The van der Waals surface area contributed by atoms with Crippen molar-refractivity contribution >= 4 is 0 Å². The van der Waals surface area contributed by atoms with Crippen molar-refractivity contribution in [2.24, 2.45) is 0 Å². The summed E-state index contributed by atoms with van der Waals surface area (Å²) >= 11 is 1.36. The van der Waals surface area contributed by atoms with Crippen molar-refractivity contribution in [3.8, 4) is 5.95 Å². The average molecular weight is 297 g/mol. The van der Waals surface area contributed by atoms with Crippen LogP contribution in [0.4, 0.5) is 0 Å². The van der Waals surface area contributed by atoms with Crippen LogP contribution in [0.5, 0.6) is 5.95 Å². The van der Waals surface area contributed by atoms with E-state index < -0.39 is 0 Å². The molecule has 1 N–H and O–H groups in total. The number of H-pyrrole nitrogens is 1. The molecule has 0 aliphatic heterocycles. The Bertz CT molecular complexity index is 250. The number of nitrogens with one attached hydrogen (secondary N) is 1. The molecule has 1 aromatic heterocycles. The zero-order valence-corrected chi connectivity index (χ0v) is 8.16. The quantitative estimate of drug-likeness (QED) is 0.840. The average Bonchev–Trinajstić information content (AvgIpc) is 2.15. The van der Waals surface area contributed by atoms with Gasteiger partial charge in [-0.25, -0.2) is 0 Å². The van der Waals surface area contributed by atoms with Crippen LogP contribution in [0, 0.1) is 10.6 Å². The molecule has 0 aliphatic rings. The summed E-state index contributed by atoms with van der Waals surface area (Å²) in [6.07, 6.45) is 0. The van der Waals surface area contributed by atoms with E-state index in [0.717, 1.165) is 9.24 Å². The molecular weight excluding hydrogens is 290 g/mol. The molecule has 1 aromatic rings. The number of rotatable bonds is 1. The predicted molar refractivity (Wildman–Crippen MR) is 27.6 cm³/mol. The van der Waals surface area contributed by atoms with Crippen LogP contribution in [0.3, 0.4) is 0 Å². The number of hydrogen-bond acceptors (Lipinski definition) is 2. The van der Waals surface area contributed by atoms with Gasteiger partial charge < -0.3 is 0 Å². The van der Waals surface area contributed by atoms with E-state index in [0.29, 0.717) is 5.95 Å². The summed E-state index contributed by atoms with van der Waals surface area (Å²) in [6.45, 7) is 1.96. The Kier molecular flexibility index (Phi) is 1.91. The predicted octanol–water partition coefficient (Wildman–Crippen LogP) is 1.00. The van der Waals surface area contributed by atoms with Gasteiger partial charge in [0.15, 0.2) is 0 Å². The number of aromatic amines is 1. The summed E-state index contributed by atoms with van der Waals surface area (Å²) in [7, 11) is 1.59. The molecule has 4 heteroatoms. The zero-order chi connectivity index (χ0) is 6.85. The van der Waals surface area contributed by atoms with Gasteiger partial charge in [-0.3, -0.25) is 0 Å². The van der Waals surface area contributed by atoms with Crippen LogP contribution in [0.1, 0.15) is 5.56 Å². The molecule has 1 rings (SSSR count). The summed E-state index contributed by atoms with van der Waals surface area (Å²) in [5, 5.41) is 2.72. The molecule has 0 amide bonds. The molecule has 0 saturated heterocycles. The molecule has 0 spiro atoms. The second-order valence-electron chi connectivity index (χ2n) is 1.65. The van der Waals surface area contributed by atoms with E-state index in [2.05, 4.69) is 5.16 Å². The monoisotopic (exact) mass is 297 g/mol. The Morgan fingerprint density at radius 2 is 2.33 bits per heavy atom. The molecule has 0 fully saturated rings. The summed E-state index contributed by atoms with van der Waals surface area (Å²) in [6, 6.07) is 0. The van der Waals surface area contributed by atoms with Crippen molar-refractivity contribution in [2.75, 3.05) is 7.11 Å². The van der Waals surface area contributed by atoms with E-state index in [1.54, 1.807) is 7.11 Å². The summed E-state index contributed by atoms with van der Waals surface area (Å²) in [5.74, 6) is 0.583. The van der Waals surface area contributed by atoms with Gasteiger partial charge in [-0.2, -0.15) is 0 Å². The fraction of sp³-hybridized carbons (Fsp3) is 0.400. The Balaban J connectivity index is 3.20. The number of hydrogen-bond donors (Lipinski definition) is 1.